The molecule has 2 N–H and O–H groups in total. The Morgan fingerprint density at radius 1 is 0.944 bits per heavy atom. The lowest BCUT2D eigenvalue weighted by Crippen LogP contribution is -2.02. The Kier molecular flexibility index (Phi) is 4.37. The maximum Gasteiger partial charge on any atom is 0.0701 e. The second-order valence-electron chi connectivity index (χ2n) is 4.34. The van der Waals surface area contributed by atoms with Gasteiger partial charge in [-0.3, -0.25) is 0 Å². The summed E-state index contributed by atoms with van der Waals surface area (Å²) in [5.74, 6) is 0. The Balaban J connectivity index is 2.02. The summed E-state index contributed by atoms with van der Waals surface area (Å²) in [6, 6.07) is 16.5. The summed E-state index contributed by atoms with van der Waals surface area (Å²) < 4.78 is 0. The van der Waals surface area contributed by atoms with Crippen LogP contribution >= 0.6 is 0 Å². The summed E-state index contributed by atoms with van der Waals surface area (Å²) in [7, 11) is 0. The molecule has 18 heavy (non-hydrogen) atoms. The molecule has 2 heteroatoms. The number of para-hydroxylation sites is 1. The summed E-state index contributed by atoms with van der Waals surface area (Å²) in [6.45, 7) is 3.00. The topological polar surface area (TPSA) is 32.3 Å². The molecule has 2 nitrogen and oxygen atoms in total. The predicted molar refractivity (Wildman–Crippen MR) is 75.5 cm³/mol. The van der Waals surface area contributed by atoms with Crippen LogP contribution in [0.3, 0.4) is 0 Å². The summed E-state index contributed by atoms with van der Waals surface area (Å²) in [4.78, 5) is 0. The standard InChI is InChI=1S/C16H19NO/c1-2-13-7-9-14(10-8-13)11-17-16-6-4-3-5-15(16)12-18/h3-10,17-18H,2,11-12H2,1H3. The van der Waals surface area contributed by atoms with Gasteiger partial charge in [0.15, 0.2) is 0 Å². The van der Waals surface area contributed by atoms with Crippen LogP contribution in [0.1, 0.15) is 23.6 Å². The molecule has 0 atom stereocenters. The Hall–Kier alpha value is -1.80. The number of aliphatic hydroxyl groups excluding tert-OH is 1. The van der Waals surface area contributed by atoms with Crippen molar-refractivity contribution in [3.63, 3.8) is 0 Å². The lowest BCUT2D eigenvalue weighted by molar-refractivity contribution is 0.282. The Labute approximate surface area is 108 Å². The monoisotopic (exact) mass is 241 g/mol. The second kappa shape index (κ2) is 6.22. The molecule has 0 fully saturated rings. The van der Waals surface area contributed by atoms with E-state index in [1.807, 2.05) is 24.3 Å². The first-order chi connectivity index (χ1) is 8.83. The molecule has 0 unspecified atom stereocenters. The average molecular weight is 241 g/mol. The minimum atomic E-state index is 0.0674. The zero-order chi connectivity index (χ0) is 12.8. The van der Waals surface area contributed by atoms with Gasteiger partial charge in [0, 0.05) is 17.8 Å². The first-order valence-electron chi connectivity index (χ1n) is 6.34. The lowest BCUT2D eigenvalue weighted by atomic mass is 10.1. The van der Waals surface area contributed by atoms with Crippen LogP contribution in [0.5, 0.6) is 0 Å². The first-order valence-corrected chi connectivity index (χ1v) is 6.34. The molecule has 0 aliphatic heterocycles. The predicted octanol–water partition coefficient (Wildman–Crippen LogP) is 3.35. The van der Waals surface area contributed by atoms with E-state index in [9.17, 15) is 5.11 Å². The summed E-state index contributed by atoms with van der Waals surface area (Å²) >= 11 is 0. The first kappa shape index (κ1) is 12.7. The Bertz CT molecular complexity index is 491. The summed E-state index contributed by atoms with van der Waals surface area (Å²) in [5.41, 5.74) is 4.54. The molecule has 0 aliphatic rings. The highest BCUT2D eigenvalue weighted by Gasteiger charge is 2.00. The van der Waals surface area contributed by atoms with Crippen molar-refractivity contribution in [2.24, 2.45) is 0 Å². The van der Waals surface area contributed by atoms with E-state index in [1.165, 1.54) is 11.1 Å². The van der Waals surface area contributed by atoms with Crippen molar-refractivity contribution in [3.8, 4) is 0 Å². The van der Waals surface area contributed by atoms with Gasteiger partial charge in [-0.2, -0.15) is 0 Å². The van der Waals surface area contributed by atoms with Gasteiger partial charge in [-0.1, -0.05) is 49.4 Å². The number of aliphatic hydroxyl groups is 1. The molecule has 2 aromatic rings. The van der Waals surface area contributed by atoms with E-state index < -0.39 is 0 Å². The van der Waals surface area contributed by atoms with Gasteiger partial charge >= 0.3 is 0 Å². The third-order valence-corrected chi connectivity index (χ3v) is 3.10. The molecular weight excluding hydrogens is 222 g/mol. The van der Waals surface area contributed by atoms with Crippen molar-refractivity contribution in [2.75, 3.05) is 5.32 Å². The molecule has 0 spiro atoms. The van der Waals surface area contributed by atoms with Gasteiger partial charge in [-0.05, 0) is 23.6 Å². The maximum absolute atomic E-state index is 9.24. The smallest absolute Gasteiger partial charge is 0.0701 e. The van der Waals surface area contributed by atoms with E-state index in [0.29, 0.717) is 0 Å². The largest absolute Gasteiger partial charge is 0.392 e. The van der Waals surface area contributed by atoms with E-state index in [0.717, 1.165) is 24.2 Å². The van der Waals surface area contributed by atoms with Gasteiger partial charge in [-0.15, -0.1) is 0 Å². The minimum Gasteiger partial charge on any atom is -0.392 e. The molecule has 0 aromatic heterocycles. The summed E-state index contributed by atoms with van der Waals surface area (Å²) in [5, 5.41) is 12.6. The van der Waals surface area contributed by atoms with Crippen LogP contribution in [-0.4, -0.2) is 5.11 Å². The van der Waals surface area contributed by atoms with Gasteiger partial charge in [0.25, 0.3) is 0 Å². The number of rotatable bonds is 5. The maximum atomic E-state index is 9.24. The number of nitrogens with one attached hydrogen (secondary N) is 1. The second-order valence-corrected chi connectivity index (χ2v) is 4.34. The van der Waals surface area contributed by atoms with Crippen molar-refractivity contribution in [1.29, 1.82) is 0 Å². The molecule has 0 heterocycles. The summed E-state index contributed by atoms with van der Waals surface area (Å²) in [6.07, 6.45) is 1.07. The molecule has 2 rings (SSSR count). The average Bonchev–Trinajstić information content (AvgIpc) is 2.46. The van der Waals surface area contributed by atoms with E-state index in [1.54, 1.807) is 0 Å². The number of hydrogen-bond acceptors (Lipinski definition) is 2. The highest BCUT2D eigenvalue weighted by atomic mass is 16.3. The van der Waals surface area contributed by atoms with Crippen molar-refractivity contribution in [3.05, 3.63) is 65.2 Å². The molecule has 0 saturated heterocycles. The molecule has 0 bridgehead atoms. The normalized spacial score (nSPS) is 10.3. The van der Waals surface area contributed by atoms with E-state index in [2.05, 4.69) is 36.5 Å². The number of aryl methyl sites for hydroxylation is 1. The Morgan fingerprint density at radius 2 is 1.61 bits per heavy atom. The third kappa shape index (κ3) is 3.11. The molecule has 0 radical (unpaired) electrons. The highest BCUT2D eigenvalue weighted by Crippen LogP contribution is 2.16. The van der Waals surface area contributed by atoms with Gasteiger partial charge in [0.1, 0.15) is 0 Å². The van der Waals surface area contributed by atoms with Crippen LogP contribution in [0.2, 0.25) is 0 Å². The fourth-order valence-electron chi connectivity index (χ4n) is 1.92. The molecular formula is C16H19NO. The van der Waals surface area contributed by atoms with Crippen LogP contribution in [0.4, 0.5) is 5.69 Å². The number of hydrogen-bond donors (Lipinski definition) is 2. The third-order valence-electron chi connectivity index (χ3n) is 3.10. The molecule has 2 aromatic carbocycles. The van der Waals surface area contributed by atoms with Crippen LogP contribution in [0, 0.1) is 0 Å². The highest BCUT2D eigenvalue weighted by molar-refractivity contribution is 5.51. The minimum absolute atomic E-state index is 0.0674. The van der Waals surface area contributed by atoms with Gasteiger partial charge in [-0.25, -0.2) is 0 Å². The molecule has 0 aliphatic carbocycles. The number of anilines is 1. The van der Waals surface area contributed by atoms with Crippen LogP contribution in [-0.2, 0) is 19.6 Å². The van der Waals surface area contributed by atoms with Crippen LogP contribution < -0.4 is 5.32 Å². The quantitative estimate of drug-likeness (QED) is 0.841. The molecule has 0 saturated carbocycles. The van der Waals surface area contributed by atoms with E-state index >= 15 is 0 Å². The fourth-order valence-corrected chi connectivity index (χ4v) is 1.92. The van der Waals surface area contributed by atoms with Gasteiger partial charge in [0.2, 0.25) is 0 Å². The zero-order valence-electron chi connectivity index (χ0n) is 10.7. The Morgan fingerprint density at radius 3 is 2.28 bits per heavy atom. The van der Waals surface area contributed by atoms with Crippen molar-refractivity contribution < 1.29 is 5.11 Å². The van der Waals surface area contributed by atoms with Crippen molar-refractivity contribution in [2.45, 2.75) is 26.5 Å². The molecule has 0 amide bonds. The molecule has 94 valence electrons. The van der Waals surface area contributed by atoms with E-state index in [-0.39, 0.29) is 6.61 Å². The van der Waals surface area contributed by atoms with E-state index in [4.69, 9.17) is 0 Å². The van der Waals surface area contributed by atoms with Crippen molar-refractivity contribution in [1.82, 2.24) is 0 Å². The number of benzene rings is 2. The zero-order valence-corrected chi connectivity index (χ0v) is 10.7. The lowest BCUT2D eigenvalue weighted by Gasteiger charge is -2.10. The SMILES string of the molecule is CCc1ccc(CNc2ccccc2CO)cc1. The fraction of sp³-hybridized carbons (Fsp3) is 0.250. The van der Waals surface area contributed by atoms with Gasteiger partial charge < -0.3 is 10.4 Å². The van der Waals surface area contributed by atoms with Crippen LogP contribution in [0.25, 0.3) is 0 Å². The van der Waals surface area contributed by atoms with Crippen molar-refractivity contribution >= 4 is 5.69 Å². The van der Waals surface area contributed by atoms with Gasteiger partial charge in [0.05, 0.1) is 6.61 Å². The van der Waals surface area contributed by atoms with Crippen LogP contribution in [0.15, 0.2) is 48.5 Å².